The van der Waals surface area contributed by atoms with Gasteiger partial charge in [0.05, 0.1) is 12.1 Å². The highest BCUT2D eigenvalue weighted by atomic mass is 35.5. The van der Waals surface area contributed by atoms with Crippen LogP contribution in [0.5, 0.6) is 5.88 Å². The van der Waals surface area contributed by atoms with Gasteiger partial charge < -0.3 is 15.4 Å². The second-order valence-electron chi connectivity index (χ2n) is 7.98. The normalized spacial score (nSPS) is 18.8. The molecule has 7 nitrogen and oxygen atoms in total. The first-order valence-electron chi connectivity index (χ1n) is 10.4. The molecule has 0 saturated carbocycles. The number of carbonyl (C=O) groups is 1. The van der Waals surface area contributed by atoms with Gasteiger partial charge in [0.2, 0.25) is 17.7 Å². The summed E-state index contributed by atoms with van der Waals surface area (Å²) in [5.41, 5.74) is 8.10. The number of nitrogens with one attached hydrogen (secondary N) is 1. The summed E-state index contributed by atoms with van der Waals surface area (Å²) in [5.74, 6) is -0.226. The summed E-state index contributed by atoms with van der Waals surface area (Å²) in [6.45, 7) is 2.22. The van der Waals surface area contributed by atoms with Gasteiger partial charge >= 0.3 is 0 Å². The average Bonchev–Trinajstić information content (AvgIpc) is 3.29. The zero-order valence-corrected chi connectivity index (χ0v) is 19.2. The number of aryl methyl sites for hydroxylation is 1. The number of para-hydroxylation sites is 1. The van der Waals surface area contributed by atoms with Crippen LogP contribution >= 0.6 is 23.2 Å². The van der Waals surface area contributed by atoms with Crippen LogP contribution in [0.4, 0.5) is 5.69 Å². The molecule has 2 aliphatic rings. The van der Waals surface area contributed by atoms with Gasteiger partial charge in [-0.05, 0) is 30.2 Å². The highest BCUT2D eigenvalue weighted by molar-refractivity contribution is 6.35. The number of carbonyl (C=O) groups excluding carboxylic acids is 1. The minimum atomic E-state index is -1.46. The molecule has 3 heterocycles. The molecular formula is C24H19Cl2N5O2. The summed E-state index contributed by atoms with van der Waals surface area (Å²) in [7, 11) is 0. The van der Waals surface area contributed by atoms with Crippen LogP contribution in [-0.2, 0) is 23.2 Å². The lowest BCUT2D eigenvalue weighted by Crippen LogP contribution is -2.46. The second kappa shape index (κ2) is 7.84. The third-order valence-corrected chi connectivity index (χ3v) is 6.72. The number of aromatic nitrogens is 2. The third-order valence-electron chi connectivity index (χ3n) is 6.13. The molecule has 0 fully saturated rings. The Kier molecular flexibility index (Phi) is 5.08. The molecule has 3 N–H and O–H groups in total. The van der Waals surface area contributed by atoms with E-state index in [1.54, 1.807) is 23.1 Å². The van der Waals surface area contributed by atoms with E-state index in [0.29, 0.717) is 33.3 Å². The summed E-state index contributed by atoms with van der Waals surface area (Å²) in [4.78, 5) is 16.0. The molecule has 1 unspecified atom stereocenters. The summed E-state index contributed by atoms with van der Waals surface area (Å²) >= 11 is 12.5. The summed E-state index contributed by atoms with van der Waals surface area (Å²) in [6, 6.07) is 14.7. The molecule has 166 valence electrons. The van der Waals surface area contributed by atoms with E-state index < -0.39 is 5.41 Å². The number of amides is 1. The lowest BCUT2D eigenvalue weighted by Gasteiger charge is -2.33. The quantitative estimate of drug-likeness (QED) is 0.568. The lowest BCUT2D eigenvalue weighted by atomic mass is 9.68. The number of ether oxygens (including phenoxy) is 1. The van der Waals surface area contributed by atoms with Crippen molar-refractivity contribution < 1.29 is 9.53 Å². The first-order chi connectivity index (χ1) is 15.9. The van der Waals surface area contributed by atoms with Gasteiger partial charge in [0.25, 0.3) is 0 Å². The predicted octanol–water partition coefficient (Wildman–Crippen LogP) is 4.59. The van der Waals surface area contributed by atoms with Gasteiger partial charge in [-0.2, -0.15) is 5.26 Å². The van der Waals surface area contributed by atoms with Gasteiger partial charge in [0, 0.05) is 27.0 Å². The van der Waals surface area contributed by atoms with Crippen LogP contribution in [0.3, 0.4) is 0 Å². The van der Waals surface area contributed by atoms with Crippen molar-refractivity contribution in [1.29, 1.82) is 5.26 Å². The molecule has 1 amide bonds. The van der Waals surface area contributed by atoms with E-state index in [1.807, 2.05) is 31.2 Å². The zero-order valence-electron chi connectivity index (χ0n) is 17.7. The number of rotatable bonds is 4. The Morgan fingerprint density at radius 2 is 2.06 bits per heavy atom. The number of hydrogen-bond donors (Lipinski definition) is 2. The largest absolute Gasteiger partial charge is 0.420 e. The molecule has 1 aromatic heterocycles. The Hall–Kier alpha value is -3.47. The topological polar surface area (TPSA) is 108 Å². The number of halogens is 2. The summed E-state index contributed by atoms with van der Waals surface area (Å²) < 4.78 is 5.68. The van der Waals surface area contributed by atoms with Crippen molar-refractivity contribution in [2.75, 3.05) is 4.90 Å². The SMILES string of the molecule is CCCc1[nH]nc2c1C1(C(=O)N(Cc3ccc(Cl)cc3Cl)c3ccccc31)C(C#N)=C(N)O2. The Bertz CT molecular complexity index is 1370. The zero-order chi connectivity index (χ0) is 23.3. The molecule has 2 aliphatic heterocycles. The first kappa shape index (κ1) is 21.4. The van der Waals surface area contributed by atoms with Crippen molar-refractivity contribution in [3.8, 4) is 11.9 Å². The molecule has 0 bridgehead atoms. The fourth-order valence-corrected chi connectivity index (χ4v) is 5.24. The van der Waals surface area contributed by atoms with Crippen LogP contribution in [0.25, 0.3) is 0 Å². The molecule has 3 aromatic rings. The fourth-order valence-electron chi connectivity index (χ4n) is 4.77. The minimum Gasteiger partial charge on any atom is -0.420 e. The number of nitrogens with zero attached hydrogens (tertiary/aromatic N) is 3. The van der Waals surface area contributed by atoms with E-state index >= 15 is 0 Å². The van der Waals surface area contributed by atoms with E-state index in [-0.39, 0.29) is 29.8 Å². The average molecular weight is 480 g/mol. The molecule has 0 radical (unpaired) electrons. The van der Waals surface area contributed by atoms with Crippen LogP contribution < -0.4 is 15.4 Å². The van der Waals surface area contributed by atoms with Crippen molar-refractivity contribution >= 4 is 34.8 Å². The highest BCUT2D eigenvalue weighted by Gasteiger charge is 2.60. The van der Waals surface area contributed by atoms with Crippen LogP contribution in [-0.4, -0.2) is 16.1 Å². The minimum absolute atomic E-state index is 0.0518. The fraction of sp³-hybridized carbons (Fsp3) is 0.208. The molecule has 9 heteroatoms. The maximum atomic E-state index is 14.4. The first-order valence-corrected chi connectivity index (χ1v) is 11.2. The smallest absolute Gasteiger partial charge is 0.248 e. The number of fused-ring (bicyclic) bond motifs is 4. The van der Waals surface area contributed by atoms with Gasteiger partial charge in [0.15, 0.2) is 0 Å². The van der Waals surface area contributed by atoms with E-state index in [9.17, 15) is 10.1 Å². The number of nitriles is 1. The van der Waals surface area contributed by atoms with Crippen molar-refractivity contribution in [3.05, 3.63) is 86.4 Å². The second-order valence-corrected chi connectivity index (χ2v) is 8.82. The van der Waals surface area contributed by atoms with Gasteiger partial charge in [-0.15, -0.1) is 5.10 Å². The standard InChI is InChI=1S/C24H19Cl2N5O2/c1-2-5-18-20-22(30-29-18)33-21(28)16(11-27)24(20)15-6-3-4-7-19(15)31(23(24)32)12-13-8-9-14(25)10-17(13)26/h3-4,6-10H,2,5,12,28H2,1H3,(H,29,30). The third kappa shape index (κ3) is 2.95. The molecule has 0 aliphatic carbocycles. The summed E-state index contributed by atoms with van der Waals surface area (Å²) in [5, 5.41) is 18.4. The molecule has 2 aromatic carbocycles. The predicted molar refractivity (Wildman–Crippen MR) is 125 cm³/mol. The maximum Gasteiger partial charge on any atom is 0.248 e. The van der Waals surface area contributed by atoms with Crippen molar-refractivity contribution in [3.63, 3.8) is 0 Å². The highest BCUT2D eigenvalue weighted by Crippen LogP contribution is 2.56. The van der Waals surface area contributed by atoms with Gasteiger partial charge in [-0.1, -0.05) is 60.8 Å². The molecule has 5 rings (SSSR count). The lowest BCUT2D eigenvalue weighted by molar-refractivity contribution is -0.121. The number of benzene rings is 2. The van der Waals surface area contributed by atoms with Crippen molar-refractivity contribution in [2.45, 2.75) is 31.7 Å². The number of nitrogens with two attached hydrogens (primary N) is 1. The number of H-pyrrole nitrogens is 1. The molecular weight excluding hydrogens is 461 g/mol. The maximum absolute atomic E-state index is 14.4. The van der Waals surface area contributed by atoms with Crippen LogP contribution in [0.2, 0.25) is 10.0 Å². The monoisotopic (exact) mass is 479 g/mol. The van der Waals surface area contributed by atoms with E-state index in [2.05, 4.69) is 16.3 Å². The van der Waals surface area contributed by atoms with Crippen molar-refractivity contribution in [2.24, 2.45) is 5.73 Å². The molecule has 33 heavy (non-hydrogen) atoms. The van der Waals surface area contributed by atoms with Crippen LogP contribution in [0.15, 0.2) is 53.9 Å². The Balaban J connectivity index is 1.77. The van der Waals surface area contributed by atoms with E-state index in [1.165, 1.54) is 0 Å². The summed E-state index contributed by atoms with van der Waals surface area (Å²) in [6.07, 6.45) is 1.44. The van der Waals surface area contributed by atoms with E-state index in [4.69, 9.17) is 33.7 Å². The van der Waals surface area contributed by atoms with Gasteiger partial charge in [0.1, 0.15) is 17.1 Å². The van der Waals surface area contributed by atoms with Crippen molar-refractivity contribution in [1.82, 2.24) is 10.2 Å². The van der Waals surface area contributed by atoms with Gasteiger partial charge in [-0.3, -0.25) is 9.89 Å². The number of hydrogen-bond acceptors (Lipinski definition) is 5. The molecule has 0 saturated heterocycles. The van der Waals surface area contributed by atoms with Gasteiger partial charge in [-0.25, -0.2) is 0 Å². The Morgan fingerprint density at radius 1 is 1.27 bits per heavy atom. The Morgan fingerprint density at radius 3 is 2.79 bits per heavy atom. The number of aromatic amines is 1. The number of anilines is 1. The van der Waals surface area contributed by atoms with Crippen LogP contribution in [0.1, 0.15) is 35.7 Å². The Labute approximate surface area is 200 Å². The molecule has 1 spiro atoms. The molecule has 1 atom stereocenters. The van der Waals surface area contributed by atoms with Crippen LogP contribution in [0, 0.1) is 11.3 Å². The van der Waals surface area contributed by atoms with E-state index in [0.717, 1.165) is 17.7 Å².